The quantitative estimate of drug-likeness (QED) is 0.848. The van der Waals surface area contributed by atoms with Crippen molar-refractivity contribution in [2.24, 2.45) is 5.92 Å². The predicted octanol–water partition coefficient (Wildman–Crippen LogP) is 2.25. The molecule has 0 unspecified atom stereocenters. The van der Waals surface area contributed by atoms with Gasteiger partial charge in [-0.1, -0.05) is 12.1 Å². The van der Waals surface area contributed by atoms with E-state index < -0.39 is 0 Å². The zero-order valence-corrected chi connectivity index (χ0v) is 14.2. The highest BCUT2D eigenvalue weighted by Crippen LogP contribution is 2.46. The van der Waals surface area contributed by atoms with E-state index in [1.54, 1.807) is 7.11 Å². The summed E-state index contributed by atoms with van der Waals surface area (Å²) in [6.45, 7) is 3.48. The van der Waals surface area contributed by atoms with E-state index in [0.717, 1.165) is 25.2 Å². The van der Waals surface area contributed by atoms with Crippen molar-refractivity contribution >= 4 is 5.91 Å². The van der Waals surface area contributed by atoms with E-state index in [2.05, 4.69) is 9.80 Å². The highest BCUT2D eigenvalue weighted by molar-refractivity contribution is 5.77. The second kappa shape index (κ2) is 6.45. The SMILES string of the molecule is COCCC(=O)N1C[C@H](c2ccc(F)cc2)[C@H]2[C@@H]1C1CCN2CC1. The second-order valence-corrected chi connectivity index (χ2v) is 7.30. The van der Waals surface area contributed by atoms with E-state index in [9.17, 15) is 9.18 Å². The molecule has 3 atom stereocenters. The molecule has 1 aromatic carbocycles. The summed E-state index contributed by atoms with van der Waals surface area (Å²) in [5, 5.41) is 0. The molecule has 4 aliphatic heterocycles. The molecule has 0 radical (unpaired) electrons. The molecule has 24 heavy (non-hydrogen) atoms. The normalized spacial score (nSPS) is 34.4. The lowest BCUT2D eigenvalue weighted by atomic mass is 9.75. The molecule has 4 fully saturated rings. The minimum absolute atomic E-state index is 0.199. The average Bonchev–Trinajstić information content (AvgIpc) is 3.04. The van der Waals surface area contributed by atoms with Crippen LogP contribution in [-0.2, 0) is 9.53 Å². The molecule has 4 aliphatic rings. The third kappa shape index (κ3) is 2.64. The fourth-order valence-electron chi connectivity index (χ4n) is 5.04. The zero-order valence-electron chi connectivity index (χ0n) is 14.2. The van der Waals surface area contributed by atoms with Gasteiger partial charge < -0.3 is 9.64 Å². The number of halogens is 1. The van der Waals surface area contributed by atoms with Gasteiger partial charge in [-0.25, -0.2) is 4.39 Å². The van der Waals surface area contributed by atoms with Crippen LogP contribution in [0, 0.1) is 11.7 Å². The largest absolute Gasteiger partial charge is 0.384 e. The van der Waals surface area contributed by atoms with Gasteiger partial charge in [0, 0.05) is 25.6 Å². The van der Waals surface area contributed by atoms with Crippen molar-refractivity contribution in [2.45, 2.75) is 37.3 Å². The molecule has 5 rings (SSSR count). The summed E-state index contributed by atoms with van der Waals surface area (Å²) in [4.78, 5) is 17.4. The van der Waals surface area contributed by atoms with Crippen LogP contribution in [0.2, 0.25) is 0 Å². The number of fused-ring (bicyclic) bond motifs is 2. The van der Waals surface area contributed by atoms with Crippen molar-refractivity contribution in [1.29, 1.82) is 0 Å². The number of nitrogens with zero attached hydrogens (tertiary/aromatic N) is 2. The smallest absolute Gasteiger partial charge is 0.225 e. The van der Waals surface area contributed by atoms with E-state index in [-0.39, 0.29) is 17.6 Å². The molecule has 4 saturated heterocycles. The highest BCUT2D eigenvalue weighted by atomic mass is 19.1. The monoisotopic (exact) mass is 332 g/mol. The Labute approximate surface area is 142 Å². The number of ether oxygens (including phenoxy) is 1. The first-order valence-corrected chi connectivity index (χ1v) is 8.97. The number of carbonyl (C=O) groups is 1. The van der Waals surface area contributed by atoms with Crippen LogP contribution in [-0.4, -0.2) is 61.1 Å². The number of likely N-dealkylation sites (tertiary alicyclic amines) is 1. The van der Waals surface area contributed by atoms with Gasteiger partial charge in [0.05, 0.1) is 19.1 Å². The number of amides is 1. The van der Waals surface area contributed by atoms with Crippen LogP contribution in [0.4, 0.5) is 4.39 Å². The van der Waals surface area contributed by atoms with Gasteiger partial charge in [0.2, 0.25) is 5.91 Å². The maximum atomic E-state index is 13.3. The molecular weight excluding hydrogens is 307 g/mol. The molecular formula is C19H25FN2O2. The average molecular weight is 332 g/mol. The maximum absolute atomic E-state index is 13.3. The zero-order chi connectivity index (χ0) is 16.7. The number of benzene rings is 1. The molecule has 2 bridgehead atoms. The van der Waals surface area contributed by atoms with Gasteiger partial charge in [-0.05, 0) is 49.5 Å². The lowest BCUT2D eigenvalue weighted by Gasteiger charge is -2.51. The van der Waals surface area contributed by atoms with Gasteiger partial charge in [0.15, 0.2) is 0 Å². The minimum Gasteiger partial charge on any atom is -0.384 e. The van der Waals surface area contributed by atoms with Crippen LogP contribution in [0.15, 0.2) is 24.3 Å². The van der Waals surface area contributed by atoms with Gasteiger partial charge >= 0.3 is 0 Å². The number of piperidine rings is 3. The Bertz CT molecular complexity index is 598. The van der Waals surface area contributed by atoms with Crippen LogP contribution in [0.25, 0.3) is 0 Å². The summed E-state index contributed by atoms with van der Waals surface area (Å²) in [5.74, 6) is 0.888. The summed E-state index contributed by atoms with van der Waals surface area (Å²) in [6.07, 6.45) is 2.82. The van der Waals surface area contributed by atoms with Gasteiger partial charge in [-0.15, -0.1) is 0 Å². The van der Waals surface area contributed by atoms with E-state index in [1.807, 2.05) is 12.1 Å². The molecule has 1 aromatic rings. The molecule has 5 heteroatoms. The third-order valence-corrected chi connectivity index (χ3v) is 6.13. The predicted molar refractivity (Wildman–Crippen MR) is 89.2 cm³/mol. The first kappa shape index (κ1) is 16.0. The van der Waals surface area contributed by atoms with Crippen LogP contribution in [0.1, 0.15) is 30.7 Å². The molecule has 0 spiro atoms. The molecule has 0 aliphatic carbocycles. The molecule has 0 saturated carbocycles. The second-order valence-electron chi connectivity index (χ2n) is 7.30. The highest BCUT2D eigenvalue weighted by Gasteiger charge is 2.54. The Hall–Kier alpha value is -1.46. The summed E-state index contributed by atoms with van der Waals surface area (Å²) >= 11 is 0. The first-order chi connectivity index (χ1) is 11.7. The van der Waals surface area contributed by atoms with Gasteiger partial charge in [0.1, 0.15) is 5.82 Å². The molecule has 1 amide bonds. The van der Waals surface area contributed by atoms with Gasteiger partial charge in [-0.3, -0.25) is 9.69 Å². The molecule has 0 aromatic heterocycles. The van der Waals surface area contributed by atoms with Crippen molar-refractivity contribution in [3.05, 3.63) is 35.6 Å². The maximum Gasteiger partial charge on any atom is 0.225 e. The molecule has 0 N–H and O–H groups in total. The first-order valence-electron chi connectivity index (χ1n) is 8.97. The van der Waals surface area contributed by atoms with Crippen LogP contribution < -0.4 is 0 Å². The van der Waals surface area contributed by atoms with Gasteiger partial charge in [0.25, 0.3) is 0 Å². The Morgan fingerprint density at radius 2 is 1.92 bits per heavy atom. The van der Waals surface area contributed by atoms with Crippen molar-refractivity contribution in [3.63, 3.8) is 0 Å². The number of methoxy groups -OCH3 is 1. The van der Waals surface area contributed by atoms with Crippen LogP contribution in [0.5, 0.6) is 0 Å². The third-order valence-electron chi connectivity index (χ3n) is 6.13. The van der Waals surface area contributed by atoms with Crippen LogP contribution in [0.3, 0.4) is 0 Å². The Balaban J connectivity index is 1.63. The summed E-state index contributed by atoms with van der Waals surface area (Å²) in [7, 11) is 1.63. The topological polar surface area (TPSA) is 32.8 Å². The van der Waals surface area contributed by atoms with E-state index >= 15 is 0 Å². The lowest BCUT2D eigenvalue weighted by Crippen LogP contribution is -2.60. The van der Waals surface area contributed by atoms with Gasteiger partial charge in [-0.2, -0.15) is 0 Å². The Kier molecular flexibility index (Phi) is 4.31. The van der Waals surface area contributed by atoms with E-state index in [4.69, 9.17) is 4.74 Å². The number of carbonyl (C=O) groups excluding carboxylic acids is 1. The standard InChI is InChI=1S/C19H25FN2O2/c1-24-11-8-17(23)22-12-16(13-2-4-15(20)5-3-13)19-18(22)14-6-9-21(19)10-7-14/h2-5,14,16,18-19H,6-12H2,1H3/t16-,18+,19+/m1/s1. The van der Waals surface area contributed by atoms with Crippen molar-refractivity contribution in [2.75, 3.05) is 33.4 Å². The number of rotatable bonds is 4. The van der Waals surface area contributed by atoms with Crippen molar-refractivity contribution in [1.82, 2.24) is 9.80 Å². The number of hydrogen-bond acceptors (Lipinski definition) is 3. The Morgan fingerprint density at radius 1 is 1.21 bits per heavy atom. The molecule has 4 nitrogen and oxygen atoms in total. The van der Waals surface area contributed by atoms with Crippen LogP contribution >= 0.6 is 0 Å². The Morgan fingerprint density at radius 3 is 2.58 bits per heavy atom. The molecule has 130 valence electrons. The van der Waals surface area contributed by atoms with E-state index in [1.165, 1.54) is 25.0 Å². The minimum atomic E-state index is -0.202. The summed E-state index contributed by atoms with van der Waals surface area (Å²) in [6, 6.07) is 7.56. The number of hydrogen-bond donors (Lipinski definition) is 0. The summed E-state index contributed by atoms with van der Waals surface area (Å²) < 4.78 is 18.4. The van der Waals surface area contributed by atoms with Crippen molar-refractivity contribution in [3.8, 4) is 0 Å². The fraction of sp³-hybridized carbons (Fsp3) is 0.632. The van der Waals surface area contributed by atoms with E-state index in [0.29, 0.717) is 31.0 Å². The molecule has 4 heterocycles. The lowest BCUT2D eigenvalue weighted by molar-refractivity contribution is -0.136. The summed E-state index contributed by atoms with van der Waals surface area (Å²) in [5.41, 5.74) is 1.15. The fourth-order valence-corrected chi connectivity index (χ4v) is 5.04. The van der Waals surface area contributed by atoms with Crippen molar-refractivity contribution < 1.29 is 13.9 Å².